The molecule has 0 aliphatic rings. The van der Waals surface area contributed by atoms with Crippen LogP contribution in [0.3, 0.4) is 0 Å². The number of tetrazole rings is 1. The van der Waals surface area contributed by atoms with Gasteiger partial charge in [0.2, 0.25) is 11.7 Å². The second-order valence-electron chi connectivity index (χ2n) is 8.09. The molecule has 9 nitrogen and oxygen atoms in total. The molecule has 0 spiro atoms. The number of imidazole rings is 1. The van der Waals surface area contributed by atoms with Crippen molar-refractivity contribution in [1.82, 2.24) is 40.4 Å². The molecule has 0 bridgehead atoms. The number of nitrogens with one attached hydrogen (secondary N) is 1. The van der Waals surface area contributed by atoms with Gasteiger partial charge in [-0.3, -0.25) is 0 Å². The van der Waals surface area contributed by atoms with Crippen LogP contribution in [0.5, 0.6) is 0 Å². The highest BCUT2D eigenvalue weighted by atomic mass is 16.4. The highest BCUT2D eigenvalue weighted by Crippen LogP contribution is 2.34. The van der Waals surface area contributed by atoms with Gasteiger partial charge in [0, 0.05) is 19.0 Å². The van der Waals surface area contributed by atoms with Gasteiger partial charge < -0.3 is 8.98 Å². The van der Waals surface area contributed by atoms with Gasteiger partial charge in [0.15, 0.2) is 0 Å². The number of rotatable bonds is 6. The number of H-pyrrole nitrogens is 1. The van der Waals surface area contributed by atoms with Crippen molar-refractivity contribution in [3.05, 3.63) is 96.8 Å². The minimum atomic E-state index is 0.458. The minimum absolute atomic E-state index is 0.458. The van der Waals surface area contributed by atoms with Crippen LogP contribution < -0.4 is 0 Å². The normalized spacial score (nSPS) is 11.1. The molecule has 6 aromatic rings. The lowest BCUT2D eigenvalue weighted by molar-refractivity contribution is 0.527. The Kier molecular flexibility index (Phi) is 5.19. The maximum absolute atomic E-state index is 5.58. The van der Waals surface area contributed by atoms with Gasteiger partial charge in [-0.05, 0) is 45.2 Å². The standard InChI is InChI=1S/C26H20N8O/c1-17-28-31-26(35-17)24-14-27-16-34(24)15-18-7-9-20(10-8-18)23-13-21(19-5-3-2-4-6-19)11-12-22(23)25-29-32-33-30-25/h2-14,16H,15H2,1H3,(H,29,30,32,33). The molecule has 0 atom stereocenters. The van der Waals surface area contributed by atoms with E-state index in [1.54, 1.807) is 19.4 Å². The van der Waals surface area contributed by atoms with Gasteiger partial charge in [0.05, 0.1) is 12.5 Å². The molecule has 35 heavy (non-hydrogen) atoms. The van der Waals surface area contributed by atoms with E-state index < -0.39 is 0 Å². The van der Waals surface area contributed by atoms with E-state index in [-0.39, 0.29) is 0 Å². The summed E-state index contributed by atoms with van der Waals surface area (Å²) < 4.78 is 7.57. The first-order valence-corrected chi connectivity index (χ1v) is 11.1. The second kappa shape index (κ2) is 8.79. The fourth-order valence-electron chi connectivity index (χ4n) is 4.08. The molecule has 170 valence electrons. The molecular weight excluding hydrogens is 440 g/mol. The van der Waals surface area contributed by atoms with E-state index in [0.717, 1.165) is 39.1 Å². The van der Waals surface area contributed by atoms with Crippen molar-refractivity contribution in [2.75, 3.05) is 0 Å². The van der Waals surface area contributed by atoms with Crippen molar-refractivity contribution in [3.63, 3.8) is 0 Å². The summed E-state index contributed by atoms with van der Waals surface area (Å²) in [6.45, 7) is 2.39. The van der Waals surface area contributed by atoms with Crippen molar-refractivity contribution < 1.29 is 4.42 Å². The van der Waals surface area contributed by atoms with Crippen LogP contribution in [0.1, 0.15) is 11.5 Å². The Labute approximate surface area is 200 Å². The van der Waals surface area contributed by atoms with Crippen LogP contribution >= 0.6 is 0 Å². The molecule has 0 unspecified atom stereocenters. The summed E-state index contributed by atoms with van der Waals surface area (Å²) in [5.41, 5.74) is 7.17. The first-order chi connectivity index (χ1) is 17.2. The van der Waals surface area contributed by atoms with Crippen LogP contribution in [0, 0.1) is 6.92 Å². The maximum Gasteiger partial charge on any atom is 0.265 e. The number of benzene rings is 3. The van der Waals surface area contributed by atoms with E-state index in [9.17, 15) is 0 Å². The van der Waals surface area contributed by atoms with E-state index in [1.165, 1.54) is 0 Å². The number of aromatic nitrogens is 8. The number of hydrogen-bond donors (Lipinski definition) is 1. The molecule has 3 aromatic heterocycles. The Morgan fingerprint density at radius 3 is 2.40 bits per heavy atom. The molecule has 0 fully saturated rings. The molecule has 0 amide bonds. The van der Waals surface area contributed by atoms with E-state index in [4.69, 9.17) is 4.42 Å². The van der Waals surface area contributed by atoms with Crippen molar-refractivity contribution in [1.29, 1.82) is 0 Å². The third-order valence-corrected chi connectivity index (χ3v) is 5.79. The van der Waals surface area contributed by atoms with Crippen molar-refractivity contribution in [2.24, 2.45) is 0 Å². The predicted molar refractivity (Wildman–Crippen MR) is 130 cm³/mol. The summed E-state index contributed by atoms with van der Waals surface area (Å²) >= 11 is 0. The third kappa shape index (κ3) is 4.10. The summed E-state index contributed by atoms with van der Waals surface area (Å²) in [4.78, 5) is 4.26. The van der Waals surface area contributed by atoms with Crippen molar-refractivity contribution in [2.45, 2.75) is 13.5 Å². The van der Waals surface area contributed by atoms with Gasteiger partial charge in [-0.2, -0.15) is 5.21 Å². The average molecular weight is 461 g/mol. The molecule has 6 rings (SSSR count). The number of hydrogen-bond acceptors (Lipinski definition) is 7. The zero-order valence-corrected chi connectivity index (χ0v) is 18.8. The minimum Gasteiger partial charge on any atom is -0.420 e. The summed E-state index contributed by atoms with van der Waals surface area (Å²) in [7, 11) is 0. The predicted octanol–water partition coefficient (Wildman–Crippen LogP) is 4.80. The van der Waals surface area contributed by atoms with Crippen LogP contribution in [-0.2, 0) is 6.54 Å². The van der Waals surface area contributed by atoms with E-state index in [0.29, 0.717) is 24.2 Å². The molecule has 0 aliphatic carbocycles. The first kappa shape index (κ1) is 20.7. The van der Waals surface area contributed by atoms with Crippen LogP contribution in [0.15, 0.2) is 89.7 Å². The van der Waals surface area contributed by atoms with E-state index in [2.05, 4.69) is 84.3 Å². The topological polar surface area (TPSA) is 111 Å². The highest BCUT2D eigenvalue weighted by molar-refractivity contribution is 5.84. The number of aromatic amines is 1. The molecule has 9 heteroatoms. The maximum atomic E-state index is 5.58. The molecule has 0 saturated heterocycles. The zero-order valence-electron chi connectivity index (χ0n) is 18.8. The van der Waals surface area contributed by atoms with Crippen LogP contribution in [0.25, 0.3) is 45.2 Å². The lowest BCUT2D eigenvalue weighted by Gasteiger charge is -2.12. The molecule has 0 saturated carbocycles. The highest BCUT2D eigenvalue weighted by Gasteiger charge is 2.15. The van der Waals surface area contributed by atoms with Gasteiger partial charge >= 0.3 is 0 Å². The zero-order chi connectivity index (χ0) is 23.6. The quantitative estimate of drug-likeness (QED) is 0.380. The smallest absolute Gasteiger partial charge is 0.265 e. The van der Waals surface area contributed by atoms with Crippen LogP contribution in [0.2, 0.25) is 0 Å². The Morgan fingerprint density at radius 1 is 0.829 bits per heavy atom. The Morgan fingerprint density at radius 2 is 1.66 bits per heavy atom. The molecule has 3 heterocycles. The number of aryl methyl sites for hydroxylation is 1. The lowest BCUT2D eigenvalue weighted by atomic mass is 9.93. The second-order valence-corrected chi connectivity index (χ2v) is 8.09. The molecule has 0 radical (unpaired) electrons. The summed E-state index contributed by atoms with van der Waals surface area (Å²) in [5.74, 6) is 1.54. The summed E-state index contributed by atoms with van der Waals surface area (Å²) in [6.07, 6.45) is 3.49. The molecule has 0 aliphatic heterocycles. The van der Waals surface area contributed by atoms with E-state index >= 15 is 0 Å². The van der Waals surface area contributed by atoms with Gasteiger partial charge in [0.25, 0.3) is 5.89 Å². The van der Waals surface area contributed by atoms with Gasteiger partial charge in [-0.15, -0.1) is 20.4 Å². The third-order valence-electron chi connectivity index (χ3n) is 5.79. The van der Waals surface area contributed by atoms with Crippen molar-refractivity contribution in [3.8, 4) is 45.2 Å². The Balaban J connectivity index is 1.34. The van der Waals surface area contributed by atoms with Gasteiger partial charge in [-0.1, -0.05) is 60.7 Å². The SMILES string of the molecule is Cc1nnc(-c2cncn2Cc2ccc(-c3cc(-c4ccccc4)ccc3-c3nn[nH]n3)cc2)o1. The number of nitrogens with zero attached hydrogens (tertiary/aromatic N) is 7. The van der Waals surface area contributed by atoms with Crippen LogP contribution in [0.4, 0.5) is 0 Å². The largest absolute Gasteiger partial charge is 0.420 e. The summed E-state index contributed by atoms with van der Waals surface area (Å²) in [6, 6.07) is 25.0. The van der Waals surface area contributed by atoms with Gasteiger partial charge in [0.1, 0.15) is 5.69 Å². The molecule has 1 N–H and O–H groups in total. The Hall–Kier alpha value is -4.92. The lowest BCUT2D eigenvalue weighted by Crippen LogP contribution is -2.00. The first-order valence-electron chi connectivity index (χ1n) is 11.1. The Bertz CT molecular complexity index is 1570. The monoisotopic (exact) mass is 460 g/mol. The summed E-state index contributed by atoms with van der Waals surface area (Å²) in [5, 5.41) is 22.7. The molecular formula is C26H20N8O. The fraction of sp³-hybridized carbons (Fsp3) is 0.0769. The van der Waals surface area contributed by atoms with Gasteiger partial charge in [-0.25, -0.2) is 4.98 Å². The molecule has 3 aromatic carbocycles. The average Bonchev–Trinajstić information content (AvgIpc) is 3.67. The fourth-order valence-corrected chi connectivity index (χ4v) is 4.08. The van der Waals surface area contributed by atoms with Crippen LogP contribution in [-0.4, -0.2) is 40.4 Å². The van der Waals surface area contributed by atoms with Crippen molar-refractivity contribution >= 4 is 0 Å². The van der Waals surface area contributed by atoms with E-state index in [1.807, 2.05) is 28.8 Å².